The van der Waals surface area contributed by atoms with Crippen LogP contribution in [0.5, 0.6) is 0 Å². The van der Waals surface area contributed by atoms with E-state index in [1.54, 1.807) is 4.90 Å². The van der Waals surface area contributed by atoms with Gasteiger partial charge in [-0.1, -0.05) is 37.3 Å². The topological polar surface area (TPSA) is 86.7 Å². The molecule has 0 spiro atoms. The fourth-order valence-electron chi connectivity index (χ4n) is 3.79. The van der Waals surface area contributed by atoms with Crippen LogP contribution in [0.4, 0.5) is 0 Å². The van der Waals surface area contributed by atoms with Gasteiger partial charge in [-0.15, -0.1) is 0 Å². The van der Waals surface area contributed by atoms with Gasteiger partial charge in [0.25, 0.3) is 0 Å². The first-order chi connectivity index (χ1) is 12.4. The van der Waals surface area contributed by atoms with Gasteiger partial charge in [-0.2, -0.15) is 0 Å². The molecular weight excluding hydrogens is 332 g/mol. The number of rotatable bonds is 6. The molecule has 26 heavy (non-hydrogen) atoms. The highest BCUT2D eigenvalue weighted by Gasteiger charge is 2.43. The molecule has 0 aromatic heterocycles. The highest BCUT2D eigenvalue weighted by Crippen LogP contribution is 2.38. The van der Waals surface area contributed by atoms with Crippen LogP contribution in [-0.2, 0) is 19.8 Å². The lowest BCUT2D eigenvalue weighted by molar-refractivity contribution is -0.148. The Morgan fingerprint density at radius 3 is 2.35 bits per heavy atom. The minimum atomic E-state index is -0.922. The van der Waals surface area contributed by atoms with Crippen LogP contribution in [0.2, 0.25) is 0 Å². The fraction of sp³-hybridized carbons (Fsp3) is 0.550. The largest absolute Gasteiger partial charge is 0.481 e. The quantitative estimate of drug-likeness (QED) is 0.812. The van der Waals surface area contributed by atoms with Crippen molar-refractivity contribution in [1.29, 1.82) is 0 Å². The van der Waals surface area contributed by atoms with Gasteiger partial charge in [0, 0.05) is 32.0 Å². The zero-order chi connectivity index (χ0) is 18.7. The molecular formula is C20H26N2O4. The molecule has 3 rings (SSSR count). The molecule has 2 amide bonds. The molecule has 1 saturated carbocycles. The monoisotopic (exact) mass is 358 g/mol. The number of carboxylic acid groups (broad SMARTS) is 1. The minimum absolute atomic E-state index is 0.0267. The van der Waals surface area contributed by atoms with Crippen molar-refractivity contribution in [3.63, 3.8) is 0 Å². The Morgan fingerprint density at radius 1 is 1.19 bits per heavy atom. The second-order valence-electron chi connectivity index (χ2n) is 7.49. The summed E-state index contributed by atoms with van der Waals surface area (Å²) in [4.78, 5) is 37.8. The van der Waals surface area contributed by atoms with Gasteiger partial charge in [0.15, 0.2) is 0 Å². The van der Waals surface area contributed by atoms with Crippen LogP contribution in [0.1, 0.15) is 38.2 Å². The van der Waals surface area contributed by atoms with E-state index in [0.29, 0.717) is 38.4 Å². The Kier molecular flexibility index (Phi) is 5.30. The maximum absolute atomic E-state index is 12.4. The van der Waals surface area contributed by atoms with Crippen molar-refractivity contribution >= 4 is 17.8 Å². The van der Waals surface area contributed by atoms with E-state index >= 15 is 0 Å². The predicted molar refractivity (Wildman–Crippen MR) is 96.5 cm³/mol. The maximum atomic E-state index is 12.4. The van der Waals surface area contributed by atoms with Gasteiger partial charge in [0.05, 0.1) is 5.41 Å². The Morgan fingerprint density at radius 2 is 1.81 bits per heavy atom. The van der Waals surface area contributed by atoms with Crippen molar-refractivity contribution in [3.8, 4) is 0 Å². The van der Waals surface area contributed by atoms with Gasteiger partial charge in [-0.05, 0) is 30.7 Å². The number of nitrogens with zero attached hydrogens (tertiary/aromatic N) is 1. The number of carboxylic acids is 1. The summed E-state index contributed by atoms with van der Waals surface area (Å²) in [7, 11) is 0. The lowest BCUT2D eigenvalue weighted by Crippen LogP contribution is -2.49. The summed E-state index contributed by atoms with van der Waals surface area (Å²) in [6, 6.07) is 9.26. The van der Waals surface area contributed by atoms with E-state index < -0.39 is 11.4 Å². The molecule has 0 radical (unpaired) electrons. The van der Waals surface area contributed by atoms with Crippen LogP contribution in [0, 0.1) is 11.8 Å². The van der Waals surface area contributed by atoms with E-state index in [9.17, 15) is 19.5 Å². The van der Waals surface area contributed by atoms with Crippen molar-refractivity contribution in [1.82, 2.24) is 10.2 Å². The number of hydrogen-bond donors (Lipinski definition) is 2. The van der Waals surface area contributed by atoms with Crippen LogP contribution in [0.15, 0.2) is 30.3 Å². The van der Waals surface area contributed by atoms with Crippen LogP contribution in [0.25, 0.3) is 0 Å². The number of likely N-dealkylation sites (tertiary alicyclic amines) is 1. The maximum Gasteiger partial charge on any atom is 0.314 e. The van der Waals surface area contributed by atoms with Gasteiger partial charge in [0.2, 0.25) is 11.8 Å². The molecule has 140 valence electrons. The van der Waals surface area contributed by atoms with Crippen molar-refractivity contribution < 1.29 is 19.5 Å². The van der Waals surface area contributed by atoms with E-state index in [0.717, 1.165) is 12.0 Å². The van der Waals surface area contributed by atoms with E-state index in [2.05, 4.69) is 5.32 Å². The fourth-order valence-corrected chi connectivity index (χ4v) is 3.79. The molecule has 1 aromatic carbocycles. The van der Waals surface area contributed by atoms with Crippen LogP contribution >= 0.6 is 0 Å². The van der Waals surface area contributed by atoms with Gasteiger partial charge >= 0.3 is 5.97 Å². The molecule has 1 saturated heterocycles. The third kappa shape index (κ3) is 3.74. The zero-order valence-electron chi connectivity index (χ0n) is 15.1. The van der Waals surface area contributed by atoms with Crippen molar-refractivity contribution in [2.24, 2.45) is 11.8 Å². The van der Waals surface area contributed by atoms with E-state index in [4.69, 9.17) is 0 Å². The third-order valence-electron chi connectivity index (χ3n) is 5.79. The average molecular weight is 358 g/mol. The highest BCUT2D eigenvalue weighted by molar-refractivity contribution is 5.84. The number of benzene rings is 1. The predicted octanol–water partition coefficient (Wildman–Crippen LogP) is 1.79. The van der Waals surface area contributed by atoms with Gasteiger partial charge in [0.1, 0.15) is 0 Å². The Bertz CT molecular complexity index is 680. The summed E-state index contributed by atoms with van der Waals surface area (Å²) < 4.78 is 0. The first-order valence-corrected chi connectivity index (χ1v) is 9.28. The summed E-state index contributed by atoms with van der Waals surface area (Å²) in [6.45, 7) is 3.24. The van der Waals surface area contributed by atoms with Crippen molar-refractivity contribution in [3.05, 3.63) is 35.9 Å². The first-order valence-electron chi connectivity index (χ1n) is 9.28. The molecule has 0 unspecified atom stereocenters. The number of amides is 2. The third-order valence-corrected chi connectivity index (χ3v) is 5.79. The number of nitrogens with one attached hydrogen (secondary N) is 1. The first kappa shape index (κ1) is 18.4. The van der Waals surface area contributed by atoms with Crippen LogP contribution < -0.4 is 5.32 Å². The Balaban J connectivity index is 1.51. The second kappa shape index (κ2) is 7.48. The molecule has 2 N–H and O–H groups in total. The lowest BCUT2D eigenvalue weighted by Gasteiger charge is -2.39. The number of piperidine rings is 1. The highest BCUT2D eigenvalue weighted by atomic mass is 16.4. The second-order valence-corrected chi connectivity index (χ2v) is 7.49. The Hall–Kier alpha value is -2.37. The standard InChI is InChI=1S/C20H26N2O4/c1-14-13-16(14)18(24)21-10-7-17(23)22-11-8-20(9-12-22,19(25)26)15-5-3-2-4-6-15/h2-6,14,16H,7-13H2,1H3,(H,21,24)(H,25,26)/t14-,16+/m0/s1. The summed E-state index contributed by atoms with van der Waals surface area (Å²) >= 11 is 0. The molecule has 6 heteroatoms. The van der Waals surface area contributed by atoms with Crippen molar-refractivity contribution in [2.75, 3.05) is 19.6 Å². The molecule has 0 bridgehead atoms. The number of carbonyl (C=O) groups is 3. The summed E-state index contributed by atoms with van der Waals surface area (Å²) in [5.74, 6) is -0.252. The average Bonchev–Trinajstić information content (AvgIpc) is 3.39. The lowest BCUT2D eigenvalue weighted by atomic mass is 9.73. The minimum Gasteiger partial charge on any atom is -0.481 e. The SMILES string of the molecule is C[C@H]1C[C@H]1C(=O)NCCC(=O)N1CCC(C(=O)O)(c2ccccc2)CC1. The molecule has 2 atom stereocenters. The zero-order valence-corrected chi connectivity index (χ0v) is 15.1. The molecule has 1 aromatic rings. The van der Waals surface area contributed by atoms with Crippen LogP contribution in [0.3, 0.4) is 0 Å². The molecule has 1 aliphatic heterocycles. The number of hydrogen-bond acceptors (Lipinski definition) is 3. The molecule has 1 heterocycles. The van der Waals surface area contributed by atoms with Crippen LogP contribution in [-0.4, -0.2) is 47.4 Å². The van der Waals surface area contributed by atoms with E-state index in [1.807, 2.05) is 37.3 Å². The number of aliphatic carboxylic acids is 1. The molecule has 1 aliphatic carbocycles. The molecule has 2 fully saturated rings. The van der Waals surface area contributed by atoms with Gasteiger partial charge in [-0.25, -0.2) is 0 Å². The Labute approximate surface area is 153 Å². The van der Waals surface area contributed by atoms with E-state index in [-0.39, 0.29) is 24.2 Å². The molecule has 2 aliphatic rings. The summed E-state index contributed by atoms with van der Waals surface area (Å²) in [5, 5.41) is 12.6. The molecule has 6 nitrogen and oxygen atoms in total. The van der Waals surface area contributed by atoms with Gasteiger partial charge in [-0.3, -0.25) is 14.4 Å². The summed E-state index contributed by atoms with van der Waals surface area (Å²) in [6.07, 6.45) is 2.01. The van der Waals surface area contributed by atoms with Crippen molar-refractivity contribution in [2.45, 2.75) is 38.0 Å². The number of carbonyl (C=O) groups excluding carboxylic acids is 2. The normalized spacial score (nSPS) is 24.0. The summed E-state index contributed by atoms with van der Waals surface area (Å²) in [5.41, 5.74) is -0.126. The smallest absolute Gasteiger partial charge is 0.314 e. The van der Waals surface area contributed by atoms with Gasteiger partial charge < -0.3 is 15.3 Å². The van der Waals surface area contributed by atoms with E-state index in [1.165, 1.54) is 0 Å².